The van der Waals surface area contributed by atoms with E-state index in [9.17, 15) is 10.1 Å². The van der Waals surface area contributed by atoms with Gasteiger partial charge in [0.05, 0.1) is 36.9 Å². The van der Waals surface area contributed by atoms with Crippen molar-refractivity contribution in [3.05, 3.63) is 27.8 Å². The highest BCUT2D eigenvalue weighted by atomic mass is 16.6. The van der Waals surface area contributed by atoms with Crippen molar-refractivity contribution in [3.8, 4) is 11.5 Å². The second-order valence-electron chi connectivity index (χ2n) is 4.37. The molecule has 6 nitrogen and oxygen atoms in total. The summed E-state index contributed by atoms with van der Waals surface area (Å²) in [5, 5.41) is 20.1. The monoisotopic (exact) mass is 269 g/mol. The van der Waals surface area contributed by atoms with Crippen LogP contribution in [-0.2, 0) is 6.61 Å². The molecule has 1 N–H and O–H groups in total. The maximum atomic E-state index is 10.9. The van der Waals surface area contributed by atoms with Crippen molar-refractivity contribution in [2.75, 3.05) is 13.7 Å². The van der Waals surface area contributed by atoms with Crippen LogP contribution in [0.3, 0.4) is 0 Å². The van der Waals surface area contributed by atoms with E-state index < -0.39 is 11.5 Å². The highest BCUT2D eigenvalue weighted by molar-refractivity contribution is 5.54. The first-order valence-electron chi connectivity index (χ1n) is 6.12. The third kappa shape index (κ3) is 3.82. The van der Waals surface area contributed by atoms with Crippen LogP contribution in [0.15, 0.2) is 12.1 Å². The summed E-state index contributed by atoms with van der Waals surface area (Å²) in [6, 6.07) is 2.73. The molecule has 0 amide bonds. The lowest BCUT2D eigenvalue weighted by Gasteiger charge is -2.14. The summed E-state index contributed by atoms with van der Waals surface area (Å²) in [7, 11) is 1.46. The highest BCUT2D eigenvalue weighted by Gasteiger charge is 2.19. The lowest BCUT2D eigenvalue weighted by atomic mass is 10.1. The summed E-state index contributed by atoms with van der Waals surface area (Å²) in [5.41, 5.74) is 0.0418. The fourth-order valence-electron chi connectivity index (χ4n) is 1.51. The SMILES string of the molecule is CC[C@@H](C)COc1cc([N+](=O)[O-])c(CO)cc1OC. The number of aliphatic hydroxyl groups excluding tert-OH is 1. The van der Waals surface area contributed by atoms with Crippen molar-refractivity contribution in [3.63, 3.8) is 0 Å². The molecule has 0 fully saturated rings. The first-order valence-corrected chi connectivity index (χ1v) is 6.12. The first-order chi connectivity index (χ1) is 9.03. The van der Waals surface area contributed by atoms with Gasteiger partial charge in [-0.15, -0.1) is 0 Å². The standard InChI is InChI=1S/C13H19NO5/c1-4-9(2)8-19-13-6-11(14(16)17)10(7-15)5-12(13)18-3/h5-6,9,15H,4,7-8H2,1-3H3/t9-/m1/s1. The van der Waals surface area contributed by atoms with Crippen LogP contribution in [0.4, 0.5) is 5.69 Å². The van der Waals surface area contributed by atoms with Gasteiger partial charge in [0.15, 0.2) is 11.5 Å². The minimum atomic E-state index is -0.541. The number of nitrogens with zero attached hydrogens (tertiary/aromatic N) is 1. The Morgan fingerprint density at radius 1 is 1.42 bits per heavy atom. The van der Waals surface area contributed by atoms with Gasteiger partial charge >= 0.3 is 0 Å². The Bertz CT molecular complexity index is 447. The quantitative estimate of drug-likeness (QED) is 0.607. The molecule has 1 rings (SSSR count). The molecule has 0 aliphatic heterocycles. The Kier molecular flexibility index (Phi) is 5.57. The summed E-state index contributed by atoms with van der Waals surface area (Å²) < 4.78 is 10.7. The van der Waals surface area contributed by atoms with E-state index in [1.807, 2.05) is 13.8 Å². The number of hydrogen-bond donors (Lipinski definition) is 1. The average Bonchev–Trinajstić information content (AvgIpc) is 2.43. The van der Waals surface area contributed by atoms with Crippen molar-refractivity contribution in [2.45, 2.75) is 26.9 Å². The molecule has 106 valence electrons. The van der Waals surface area contributed by atoms with Crippen LogP contribution < -0.4 is 9.47 Å². The van der Waals surface area contributed by atoms with Gasteiger partial charge < -0.3 is 14.6 Å². The lowest BCUT2D eigenvalue weighted by molar-refractivity contribution is -0.385. The van der Waals surface area contributed by atoms with Crippen molar-refractivity contribution in [2.24, 2.45) is 5.92 Å². The van der Waals surface area contributed by atoms with Crippen LogP contribution in [0.25, 0.3) is 0 Å². The molecule has 1 aromatic rings. The van der Waals surface area contributed by atoms with Gasteiger partial charge in [-0.1, -0.05) is 20.3 Å². The van der Waals surface area contributed by atoms with E-state index >= 15 is 0 Å². The molecule has 1 aromatic carbocycles. The minimum absolute atomic E-state index is 0.164. The molecule has 0 aromatic heterocycles. The number of aliphatic hydroxyl groups is 1. The second kappa shape index (κ2) is 6.94. The summed E-state index contributed by atoms with van der Waals surface area (Å²) in [4.78, 5) is 10.4. The molecule has 19 heavy (non-hydrogen) atoms. The van der Waals surface area contributed by atoms with E-state index in [2.05, 4.69) is 0 Å². The lowest BCUT2D eigenvalue weighted by Crippen LogP contribution is -2.09. The molecule has 0 radical (unpaired) electrons. The smallest absolute Gasteiger partial charge is 0.278 e. The Hall–Kier alpha value is -1.82. The molecular weight excluding hydrogens is 250 g/mol. The van der Waals surface area contributed by atoms with Gasteiger partial charge in [0.1, 0.15) is 0 Å². The van der Waals surface area contributed by atoms with Crippen LogP contribution in [0.5, 0.6) is 11.5 Å². The van der Waals surface area contributed by atoms with Crippen LogP contribution in [0, 0.1) is 16.0 Å². The molecule has 6 heteroatoms. The summed E-state index contributed by atoms with van der Waals surface area (Å²) in [6.45, 7) is 4.12. The summed E-state index contributed by atoms with van der Waals surface area (Å²) in [5.74, 6) is 1.06. The topological polar surface area (TPSA) is 81.8 Å². The third-order valence-corrected chi connectivity index (χ3v) is 2.95. The van der Waals surface area contributed by atoms with Gasteiger partial charge in [0.25, 0.3) is 5.69 Å². The van der Waals surface area contributed by atoms with Crippen molar-refractivity contribution in [1.29, 1.82) is 0 Å². The van der Waals surface area contributed by atoms with E-state index in [0.717, 1.165) is 6.42 Å². The van der Waals surface area contributed by atoms with Gasteiger partial charge in [-0.2, -0.15) is 0 Å². The molecule has 0 bridgehead atoms. The maximum absolute atomic E-state index is 10.9. The maximum Gasteiger partial charge on any atom is 0.278 e. The zero-order valence-electron chi connectivity index (χ0n) is 11.4. The Morgan fingerprint density at radius 2 is 2.11 bits per heavy atom. The van der Waals surface area contributed by atoms with Gasteiger partial charge in [-0.3, -0.25) is 10.1 Å². The fourth-order valence-corrected chi connectivity index (χ4v) is 1.51. The van der Waals surface area contributed by atoms with Gasteiger partial charge in [0.2, 0.25) is 0 Å². The zero-order chi connectivity index (χ0) is 14.4. The molecule has 0 unspecified atom stereocenters. The van der Waals surface area contributed by atoms with Crippen LogP contribution in [0.2, 0.25) is 0 Å². The predicted molar refractivity (Wildman–Crippen MR) is 70.5 cm³/mol. The van der Waals surface area contributed by atoms with Gasteiger partial charge in [-0.05, 0) is 12.0 Å². The van der Waals surface area contributed by atoms with E-state index in [4.69, 9.17) is 14.6 Å². The number of nitro benzene ring substituents is 1. The number of nitro groups is 1. The van der Waals surface area contributed by atoms with Crippen LogP contribution in [-0.4, -0.2) is 23.7 Å². The van der Waals surface area contributed by atoms with Gasteiger partial charge in [0, 0.05) is 0 Å². The minimum Gasteiger partial charge on any atom is -0.493 e. The molecule has 0 spiro atoms. The Labute approximate surface area is 112 Å². The number of rotatable bonds is 7. The zero-order valence-corrected chi connectivity index (χ0v) is 11.4. The number of benzene rings is 1. The Morgan fingerprint density at radius 3 is 2.58 bits per heavy atom. The predicted octanol–water partition coefficient (Wildman–Crippen LogP) is 2.52. The molecule has 0 aliphatic rings. The van der Waals surface area contributed by atoms with Gasteiger partial charge in [-0.25, -0.2) is 0 Å². The second-order valence-corrected chi connectivity index (χ2v) is 4.37. The summed E-state index contributed by atoms with van der Waals surface area (Å²) >= 11 is 0. The Balaban J connectivity index is 3.07. The fraction of sp³-hybridized carbons (Fsp3) is 0.538. The van der Waals surface area contributed by atoms with Crippen molar-refractivity contribution in [1.82, 2.24) is 0 Å². The van der Waals surface area contributed by atoms with E-state index in [-0.39, 0.29) is 11.3 Å². The van der Waals surface area contributed by atoms with Crippen LogP contribution in [0.1, 0.15) is 25.8 Å². The largest absolute Gasteiger partial charge is 0.493 e. The third-order valence-electron chi connectivity index (χ3n) is 2.95. The number of ether oxygens (including phenoxy) is 2. The molecule has 1 atom stereocenters. The number of methoxy groups -OCH3 is 1. The summed E-state index contributed by atoms with van der Waals surface area (Å²) in [6.07, 6.45) is 0.957. The van der Waals surface area contributed by atoms with Crippen molar-refractivity contribution >= 4 is 5.69 Å². The molecule has 0 saturated carbocycles. The number of hydrogen-bond acceptors (Lipinski definition) is 5. The molecule has 0 aliphatic carbocycles. The van der Waals surface area contributed by atoms with E-state index in [1.54, 1.807) is 0 Å². The van der Waals surface area contributed by atoms with Crippen molar-refractivity contribution < 1.29 is 19.5 Å². The normalized spacial score (nSPS) is 12.0. The molecular formula is C13H19NO5. The first kappa shape index (κ1) is 15.2. The molecule has 0 saturated heterocycles. The highest BCUT2D eigenvalue weighted by Crippen LogP contribution is 2.35. The molecule has 0 heterocycles. The van der Waals surface area contributed by atoms with E-state index in [1.165, 1.54) is 19.2 Å². The average molecular weight is 269 g/mol. The van der Waals surface area contributed by atoms with Crippen LogP contribution >= 0.6 is 0 Å². The van der Waals surface area contributed by atoms with E-state index in [0.29, 0.717) is 24.0 Å².